The van der Waals surface area contributed by atoms with Gasteiger partial charge in [0.05, 0.1) is 10.6 Å². The Labute approximate surface area is 132 Å². The average Bonchev–Trinajstić information content (AvgIpc) is 2.46. The molecule has 2 aromatic rings. The first-order valence-electron chi connectivity index (χ1n) is 7.32. The van der Waals surface area contributed by atoms with Crippen LogP contribution in [0.5, 0.6) is 0 Å². The number of nitrogens with one attached hydrogen (secondary N) is 1. The number of aryl methyl sites for hydroxylation is 2. The molecule has 0 saturated carbocycles. The molecule has 1 aromatic carbocycles. The standard InChI is InChI=1S/C17H22N2O2S/c1-13-6-8-17(9-7-13)22(20,21)12-14(2)19-11-16-5-4-10-18-15(16)3/h4-10,14,19H,11-12H2,1-3H3/t14-/m0/s1. The van der Waals surface area contributed by atoms with E-state index in [4.69, 9.17) is 0 Å². The lowest BCUT2D eigenvalue weighted by atomic mass is 10.2. The molecule has 2 rings (SSSR count). The van der Waals surface area contributed by atoms with Crippen LogP contribution in [0.4, 0.5) is 0 Å². The summed E-state index contributed by atoms with van der Waals surface area (Å²) in [6.45, 7) is 6.39. The van der Waals surface area contributed by atoms with Crippen molar-refractivity contribution in [3.8, 4) is 0 Å². The quantitative estimate of drug-likeness (QED) is 0.889. The van der Waals surface area contributed by atoms with Crippen LogP contribution in [-0.4, -0.2) is 25.2 Å². The number of hydrogen-bond acceptors (Lipinski definition) is 4. The summed E-state index contributed by atoms with van der Waals surface area (Å²) in [7, 11) is -3.27. The van der Waals surface area contributed by atoms with Gasteiger partial charge in [-0.05, 0) is 44.5 Å². The zero-order valence-electron chi connectivity index (χ0n) is 13.2. The second-order valence-electron chi connectivity index (χ2n) is 5.62. The maximum atomic E-state index is 12.4. The van der Waals surface area contributed by atoms with Crippen LogP contribution in [0.1, 0.15) is 23.7 Å². The maximum Gasteiger partial charge on any atom is 0.179 e. The number of benzene rings is 1. The molecule has 118 valence electrons. The van der Waals surface area contributed by atoms with E-state index in [1.165, 1.54) is 0 Å². The summed E-state index contributed by atoms with van der Waals surface area (Å²) in [6, 6.07) is 10.7. The van der Waals surface area contributed by atoms with Crippen molar-refractivity contribution in [1.82, 2.24) is 10.3 Å². The van der Waals surface area contributed by atoms with Gasteiger partial charge in [0.25, 0.3) is 0 Å². The highest BCUT2D eigenvalue weighted by Gasteiger charge is 2.18. The molecule has 0 radical (unpaired) electrons. The molecule has 0 aliphatic carbocycles. The Hall–Kier alpha value is -1.72. The van der Waals surface area contributed by atoms with Gasteiger partial charge in [-0.1, -0.05) is 23.8 Å². The molecule has 22 heavy (non-hydrogen) atoms. The van der Waals surface area contributed by atoms with Crippen molar-refractivity contribution >= 4 is 9.84 Å². The second-order valence-corrected chi connectivity index (χ2v) is 7.66. The predicted octanol–water partition coefficient (Wildman–Crippen LogP) is 2.65. The number of sulfone groups is 1. The van der Waals surface area contributed by atoms with Gasteiger partial charge in [-0.3, -0.25) is 4.98 Å². The van der Waals surface area contributed by atoms with Crippen LogP contribution in [0.25, 0.3) is 0 Å². The van der Waals surface area contributed by atoms with Gasteiger partial charge >= 0.3 is 0 Å². The van der Waals surface area contributed by atoms with E-state index in [0.29, 0.717) is 11.4 Å². The van der Waals surface area contributed by atoms with Crippen LogP contribution < -0.4 is 5.32 Å². The third-order valence-electron chi connectivity index (χ3n) is 3.61. The van der Waals surface area contributed by atoms with Crippen LogP contribution in [0.15, 0.2) is 47.5 Å². The zero-order chi connectivity index (χ0) is 16.2. The van der Waals surface area contributed by atoms with E-state index in [1.54, 1.807) is 18.3 Å². The summed E-state index contributed by atoms with van der Waals surface area (Å²) < 4.78 is 24.8. The van der Waals surface area contributed by atoms with E-state index in [2.05, 4.69) is 10.3 Å². The molecular weight excluding hydrogens is 296 g/mol. The van der Waals surface area contributed by atoms with Gasteiger partial charge in [-0.15, -0.1) is 0 Å². The molecule has 1 aromatic heterocycles. The molecule has 0 bridgehead atoms. The number of rotatable bonds is 6. The van der Waals surface area contributed by atoms with Gasteiger partial charge < -0.3 is 5.32 Å². The van der Waals surface area contributed by atoms with Crippen molar-refractivity contribution in [2.45, 2.75) is 38.3 Å². The van der Waals surface area contributed by atoms with E-state index in [-0.39, 0.29) is 11.8 Å². The van der Waals surface area contributed by atoms with Crippen LogP contribution in [0, 0.1) is 13.8 Å². The van der Waals surface area contributed by atoms with E-state index in [9.17, 15) is 8.42 Å². The van der Waals surface area contributed by atoms with Crippen molar-refractivity contribution in [2.75, 3.05) is 5.75 Å². The highest BCUT2D eigenvalue weighted by molar-refractivity contribution is 7.91. The summed E-state index contributed by atoms with van der Waals surface area (Å²) in [5.74, 6) is 0.0787. The first-order valence-corrected chi connectivity index (χ1v) is 8.97. The van der Waals surface area contributed by atoms with Crippen molar-refractivity contribution in [3.05, 3.63) is 59.4 Å². The molecule has 0 spiro atoms. The lowest BCUT2D eigenvalue weighted by molar-refractivity contribution is 0.555. The molecule has 0 amide bonds. The molecule has 0 fully saturated rings. The number of pyridine rings is 1. The van der Waals surface area contributed by atoms with Gasteiger partial charge in [0, 0.05) is 24.5 Å². The predicted molar refractivity (Wildman–Crippen MR) is 88.5 cm³/mol. The Morgan fingerprint density at radius 3 is 2.45 bits per heavy atom. The van der Waals surface area contributed by atoms with Crippen LogP contribution in [0.2, 0.25) is 0 Å². The van der Waals surface area contributed by atoms with Crippen LogP contribution >= 0.6 is 0 Å². The summed E-state index contributed by atoms with van der Waals surface area (Å²) in [6.07, 6.45) is 1.75. The topological polar surface area (TPSA) is 59.1 Å². The fourth-order valence-corrected chi connectivity index (χ4v) is 3.74. The molecule has 0 unspecified atom stereocenters. The fraction of sp³-hybridized carbons (Fsp3) is 0.353. The van der Waals surface area contributed by atoms with E-state index < -0.39 is 9.84 Å². The normalized spacial score (nSPS) is 13.0. The monoisotopic (exact) mass is 318 g/mol. The first kappa shape index (κ1) is 16.6. The van der Waals surface area contributed by atoms with Crippen LogP contribution in [-0.2, 0) is 16.4 Å². The Bertz CT molecular complexity index is 725. The van der Waals surface area contributed by atoms with E-state index in [0.717, 1.165) is 16.8 Å². The van der Waals surface area contributed by atoms with Crippen LogP contribution in [0.3, 0.4) is 0 Å². The number of hydrogen-bond donors (Lipinski definition) is 1. The molecule has 0 aliphatic rings. The minimum absolute atomic E-state index is 0.0787. The molecule has 0 aliphatic heterocycles. The minimum Gasteiger partial charge on any atom is -0.309 e. The van der Waals surface area contributed by atoms with E-state index >= 15 is 0 Å². The number of nitrogens with zero attached hydrogens (tertiary/aromatic N) is 1. The molecule has 1 heterocycles. The molecule has 4 nitrogen and oxygen atoms in total. The second kappa shape index (κ2) is 7.03. The minimum atomic E-state index is -3.27. The Morgan fingerprint density at radius 1 is 1.14 bits per heavy atom. The summed E-state index contributed by atoms with van der Waals surface area (Å²) in [5.41, 5.74) is 3.10. The first-order chi connectivity index (χ1) is 10.4. The third kappa shape index (κ3) is 4.39. The van der Waals surface area contributed by atoms with Gasteiger partial charge in [0.2, 0.25) is 0 Å². The Kier molecular flexibility index (Phi) is 5.32. The molecule has 0 saturated heterocycles. The highest BCUT2D eigenvalue weighted by atomic mass is 32.2. The van der Waals surface area contributed by atoms with Crippen molar-refractivity contribution in [2.24, 2.45) is 0 Å². The molecular formula is C17H22N2O2S. The smallest absolute Gasteiger partial charge is 0.179 e. The summed E-state index contributed by atoms with van der Waals surface area (Å²) >= 11 is 0. The third-order valence-corrected chi connectivity index (χ3v) is 5.54. The Balaban J connectivity index is 1.98. The van der Waals surface area contributed by atoms with Gasteiger partial charge in [0.15, 0.2) is 9.84 Å². The summed E-state index contributed by atoms with van der Waals surface area (Å²) in [4.78, 5) is 4.61. The molecule has 1 atom stereocenters. The molecule has 1 N–H and O–H groups in total. The maximum absolute atomic E-state index is 12.4. The largest absolute Gasteiger partial charge is 0.309 e. The van der Waals surface area contributed by atoms with Gasteiger partial charge in [-0.2, -0.15) is 0 Å². The Morgan fingerprint density at radius 2 is 1.82 bits per heavy atom. The summed E-state index contributed by atoms with van der Waals surface area (Å²) in [5, 5.41) is 3.26. The van der Waals surface area contributed by atoms with E-state index in [1.807, 2.05) is 45.0 Å². The fourth-order valence-electron chi connectivity index (χ4n) is 2.22. The number of aromatic nitrogens is 1. The van der Waals surface area contributed by atoms with Gasteiger partial charge in [0.1, 0.15) is 0 Å². The van der Waals surface area contributed by atoms with Crippen molar-refractivity contribution in [1.29, 1.82) is 0 Å². The lowest BCUT2D eigenvalue weighted by Gasteiger charge is -2.15. The van der Waals surface area contributed by atoms with Gasteiger partial charge in [-0.25, -0.2) is 8.42 Å². The lowest BCUT2D eigenvalue weighted by Crippen LogP contribution is -2.32. The van der Waals surface area contributed by atoms with Crippen molar-refractivity contribution in [3.63, 3.8) is 0 Å². The molecule has 5 heteroatoms. The SMILES string of the molecule is Cc1ccc(S(=O)(=O)C[C@H](C)NCc2cccnc2C)cc1. The highest BCUT2D eigenvalue weighted by Crippen LogP contribution is 2.13. The van der Waals surface area contributed by atoms with Crippen molar-refractivity contribution < 1.29 is 8.42 Å². The zero-order valence-corrected chi connectivity index (χ0v) is 14.0. The average molecular weight is 318 g/mol.